The number of nitriles is 1. The average Bonchev–Trinajstić information content (AvgIpc) is 2.39. The number of ether oxygens (including phenoxy) is 1. The Labute approximate surface area is 100 Å². The van der Waals surface area contributed by atoms with Gasteiger partial charge < -0.3 is 4.74 Å². The van der Waals surface area contributed by atoms with Crippen molar-refractivity contribution in [2.24, 2.45) is 0 Å². The number of hydrogen-bond donors (Lipinski definition) is 0. The van der Waals surface area contributed by atoms with Gasteiger partial charge in [0, 0.05) is 17.8 Å². The molecular weight excluding hydrogens is 212 g/mol. The summed E-state index contributed by atoms with van der Waals surface area (Å²) in [4.78, 5) is 4.16. The van der Waals surface area contributed by atoms with Gasteiger partial charge in [-0.25, -0.2) is 4.98 Å². The molecule has 0 atom stereocenters. The number of nitrogens with zero attached hydrogens (tertiary/aromatic N) is 2. The van der Waals surface area contributed by atoms with Crippen molar-refractivity contribution in [1.82, 2.24) is 4.98 Å². The van der Waals surface area contributed by atoms with Gasteiger partial charge in [-0.2, -0.15) is 5.26 Å². The summed E-state index contributed by atoms with van der Waals surface area (Å²) in [7, 11) is 1.59. The van der Waals surface area contributed by atoms with E-state index in [-0.39, 0.29) is 0 Å². The van der Waals surface area contributed by atoms with Crippen LogP contribution in [0, 0.1) is 18.3 Å². The number of aromatic nitrogens is 1. The first-order valence-corrected chi connectivity index (χ1v) is 5.26. The summed E-state index contributed by atoms with van der Waals surface area (Å²) in [5.41, 5.74) is 3.74. The molecule has 0 aliphatic carbocycles. The highest BCUT2D eigenvalue weighted by molar-refractivity contribution is 5.65. The minimum atomic E-state index is 0.596. The van der Waals surface area contributed by atoms with E-state index in [2.05, 4.69) is 11.1 Å². The Bertz CT molecular complexity index is 568. The van der Waals surface area contributed by atoms with Crippen LogP contribution in [0.5, 0.6) is 5.88 Å². The lowest BCUT2D eigenvalue weighted by Crippen LogP contribution is -1.88. The van der Waals surface area contributed by atoms with Gasteiger partial charge in [-0.3, -0.25) is 0 Å². The lowest BCUT2D eigenvalue weighted by Gasteiger charge is -2.05. The maximum atomic E-state index is 8.87. The minimum absolute atomic E-state index is 0.596. The molecule has 0 aliphatic heterocycles. The van der Waals surface area contributed by atoms with Crippen LogP contribution in [0.25, 0.3) is 11.1 Å². The maximum Gasteiger partial charge on any atom is 0.212 e. The van der Waals surface area contributed by atoms with E-state index in [1.165, 1.54) is 0 Å². The highest BCUT2D eigenvalue weighted by atomic mass is 16.5. The first-order valence-electron chi connectivity index (χ1n) is 5.26. The molecule has 0 N–H and O–H groups in total. The zero-order chi connectivity index (χ0) is 12.3. The largest absolute Gasteiger partial charge is 0.481 e. The molecule has 0 bridgehead atoms. The predicted molar refractivity (Wildman–Crippen MR) is 65.7 cm³/mol. The third-order valence-electron chi connectivity index (χ3n) is 2.63. The summed E-state index contributed by atoms with van der Waals surface area (Å²) >= 11 is 0. The zero-order valence-corrected chi connectivity index (χ0v) is 9.77. The van der Waals surface area contributed by atoms with Gasteiger partial charge in [0.15, 0.2) is 0 Å². The molecule has 1 aromatic heterocycles. The average molecular weight is 224 g/mol. The van der Waals surface area contributed by atoms with E-state index in [9.17, 15) is 0 Å². The van der Waals surface area contributed by atoms with Crippen molar-refractivity contribution in [3.05, 3.63) is 47.7 Å². The highest BCUT2D eigenvalue weighted by Crippen LogP contribution is 2.22. The fourth-order valence-corrected chi connectivity index (χ4v) is 1.64. The van der Waals surface area contributed by atoms with Crippen molar-refractivity contribution in [2.75, 3.05) is 7.11 Å². The summed E-state index contributed by atoms with van der Waals surface area (Å²) in [6.07, 6.45) is 1.76. The fraction of sp³-hybridized carbons (Fsp3) is 0.143. The molecule has 3 nitrogen and oxygen atoms in total. The van der Waals surface area contributed by atoms with Gasteiger partial charge >= 0.3 is 0 Å². The number of hydrogen-bond acceptors (Lipinski definition) is 3. The van der Waals surface area contributed by atoms with Crippen LogP contribution < -0.4 is 4.74 Å². The lowest BCUT2D eigenvalue weighted by atomic mass is 10.0. The van der Waals surface area contributed by atoms with E-state index < -0.39 is 0 Å². The van der Waals surface area contributed by atoms with Crippen molar-refractivity contribution >= 4 is 0 Å². The Morgan fingerprint density at radius 2 is 1.94 bits per heavy atom. The van der Waals surface area contributed by atoms with Gasteiger partial charge in [-0.05, 0) is 30.2 Å². The van der Waals surface area contributed by atoms with E-state index in [1.54, 1.807) is 13.3 Å². The smallest absolute Gasteiger partial charge is 0.212 e. The Morgan fingerprint density at radius 3 is 2.47 bits per heavy atom. The van der Waals surface area contributed by atoms with Gasteiger partial charge in [-0.1, -0.05) is 12.1 Å². The van der Waals surface area contributed by atoms with Gasteiger partial charge in [0.25, 0.3) is 0 Å². The van der Waals surface area contributed by atoms with Crippen molar-refractivity contribution in [2.45, 2.75) is 6.92 Å². The summed E-state index contributed by atoms with van der Waals surface area (Å²) in [5.74, 6) is 0.596. The van der Waals surface area contributed by atoms with E-state index in [0.29, 0.717) is 11.4 Å². The SMILES string of the molecule is COc1ccc(-c2ccc(C#N)c(C)c2)cn1. The van der Waals surface area contributed by atoms with E-state index in [0.717, 1.165) is 16.7 Å². The molecule has 0 amide bonds. The normalized spacial score (nSPS) is 9.71. The third kappa shape index (κ3) is 2.26. The molecule has 0 aliphatic rings. The van der Waals surface area contributed by atoms with Crippen LogP contribution in [0.4, 0.5) is 0 Å². The second-order valence-corrected chi connectivity index (χ2v) is 3.73. The summed E-state index contributed by atoms with van der Waals surface area (Å²) in [6.45, 7) is 1.93. The van der Waals surface area contributed by atoms with E-state index in [1.807, 2.05) is 37.3 Å². The molecule has 1 aromatic carbocycles. The molecule has 2 aromatic rings. The first kappa shape index (κ1) is 11.2. The molecule has 0 unspecified atom stereocenters. The molecule has 3 heteroatoms. The molecule has 1 heterocycles. The molecule has 0 saturated carbocycles. The second kappa shape index (κ2) is 4.67. The van der Waals surface area contributed by atoms with E-state index in [4.69, 9.17) is 10.00 Å². The van der Waals surface area contributed by atoms with Crippen LogP contribution in [0.2, 0.25) is 0 Å². The van der Waals surface area contributed by atoms with Gasteiger partial charge in [-0.15, -0.1) is 0 Å². The topological polar surface area (TPSA) is 45.9 Å². The fourth-order valence-electron chi connectivity index (χ4n) is 1.64. The van der Waals surface area contributed by atoms with Gasteiger partial charge in [0.1, 0.15) is 0 Å². The van der Waals surface area contributed by atoms with Crippen molar-refractivity contribution in [3.63, 3.8) is 0 Å². The second-order valence-electron chi connectivity index (χ2n) is 3.73. The lowest BCUT2D eigenvalue weighted by molar-refractivity contribution is 0.398. The van der Waals surface area contributed by atoms with Crippen LogP contribution >= 0.6 is 0 Å². The molecule has 17 heavy (non-hydrogen) atoms. The monoisotopic (exact) mass is 224 g/mol. The maximum absolute atomic E-state index is 8.87. The predicted octanol–water partition coefficient (Wildman–Crippen LogP) is 2.94. The van der Waals surface area contributed by atoms with Gasteiger partial charge in [0.05, 0.1) is 18.7 Å². The molecule has 0 radical (unpaired) electrons. The van der Waals surface area contributed by atoms with Crippen molar-refractivity contribution in [3.8, 4) is 23.1 Å². The number of pyridine rings is 1. The van der Waals surface area contributed by atoms with Crippen LogP contribution in [0.3, 0.4) is 0 Å². The number of rotatable bonds is 2. The summed E-state index contributed by atoms with van der Waals surface area (Å²) in [5, 5.41) is 8.87. The summed E-state index contributed by atoms with van der Waals surface area (Å²) in [6, 6.07) is 11.7. The molecule has 0 saturated heterocycles. The Hall–Kier alpha value is -2.34. The van der Waals surface area contributed by atoms with Crippen molar-refractivity contribution < 1.29 is 4.74 Å². The minimum Gasteiger partial charge on any atom is -0.481 e. The number of aryl methyl sites for hydroxylation is 1. The van der Waals surface area contributed by atoms with Crippen LogP contribution in [0.1, 0.15) is 11.1 Å². The molecule has 0 spiro atoms. The Kier molecular flexibility index (Phi) is 3.06. The third-order valence-corrected chi connectivity index (χ3v) is 2.63. The molecular formula is C14H12N2O. The van der Waals surface area contributed by atoms with Crippen molar-refractivity contribution in [1.29, 1.82) is 5.26 Å². The quantitative estimate of drug-likeness (QED) is 0.787. The Balaban J connectivity index is 2.40. The molecule has 84 valence electrons. The molecule has 2 rings (SSSR count). The zero-order valence-electron chi connectivity index (χ0n) is 9.77. The molecule has 0 fully saturated rings. The van der Waals surface area contributed by atoms with Crippen LogP contribution in [-0.4, -0.2) is 12.1 Å². The van der Waals surface area contributed by atoms with Crippen LogP contribution in [-0.2, 0) is 0 Å². The Morgan fingerprint density at radius 1 is 1.18 bits per heavy atom. The first-order chi connectivity index (χ1) is 8.24. The van der Waals surface area contributed by atoms with Gasteiger partial charge in [0.2, 0.25) is 5.88 Å². The van der Waals surface area contributed by atoms with Crippen LogP contribution in [0.15, 0.2) is 36.5 Å². The standard InChI is InChI=1S/C14H12N2O/c1-10-7-11(3-4-12(10)8-15)13-5-6-14(17-2)16-9-13/h3-7,9H,1-2H3. The van der Waals surface area contributed by atoms with E-state index >= 15 is 0 Å². The number of benzene rings is 1. The highest BCUT2D eigenvalue weighted by Gasteiger charge is 2.02. The number of methoxy groups -OCH3 is 1. The summed E-state index contributed by atoms with van der Waals surface area (Å²) < 4.78 is 5.01.